The summed E-state index contributed by atoms with van der Waals surface area (Å²) in [6, 6.07) is 11.1. The van der Waals surface area contributed by atoms with Crippen LogP contribution in [0, 0.1) is 0 Å². The van der Waals surface area contributed by atoms with Gasteiger partial charge in [0.05, 0.1) is 18.4 Å². The molecule has 0 amide bonds. The van der Waals surface area contributed by atoms with Crippen molar-refractivity contribution in [1.29, 1.82) is 0 Å². The lowest BCUT2D eigenvalue weighted by molar-refractivity contribution is 0.406. The summed E-state index contributed by atoms with van der Waals surface area (Å²) in [5.41, 5.74) is 1.75. The molecule has 3 aromatic heterocycles. The number of halogens is 1. The van der Waals surface area contributed by atoms with Crippen LogP contribution in [0.2, 0.25) is 0 Å². The lowest BCUT2D eigenvalue weighted by atomic mass is 10.1. The highest BCUT2D eigenvalue weighted by Crippen LogP contribution is 2.31. The van der Waals surface area contributed by atoms with Crippen LogP contribution >= 0.6 is 15.9 Å². The van der Waals surface area contributed by atoms with Gasteiger partial charge in [-0.1, -0.05) is 22.0 Å². The number of rotatable bonds is 2. The maximum Gasteiger partial charge on any atom is 0.345 e. The largest absolute Gasteiger partial charge is 0.493 e. The van der Waals surface area contributed by atoms with Crippen molar-refractivity contribution in [2.45, 2.75) is 0 Å². The third-order valence-electron chi connectivity index (χ3n) is 3.62. The number of hydrogen-bond acceptors (Lipinski definition) is 4. The molecular weight excluding hydrogens is 360 g/mol. The van der Waals surface area contributed by atoms with E-state index in [1.807, 2.05) is 41.1 Å². The van der Waals surface area contributed by atoms with Crippen molar-refractivity contribution >= 4 is 32.5 Å². The lowest BCUT2D eigenvalue weighted by Crippen LogP contribution is -2.03. The summed E-state index contributed by atoms with van der Waals surface area (Å²) in [4.78, 5) is 16.9. The second-order valence-corrected chi connectivity index (χ2v) is 5.98. The molecule has 0 unspecified atom stereocenters. The molecule has 5 nitrogen and oxygen atoms in total. The Labute approximate surface area is 139 Å². The van der Waals surface area contributed by atoms with Crippen molar-refractivity contribution in [3.05, 3.63) is 63.7 Å². The van der Waals surface area contributed by atoms with E-state index in [2.05, 4.69) is 20.9 Å². The zero-order valence-electron chi connectivity index (χ0n) is 12.1. The fraction of sp³-hybridized carbons (Fsp3) is 0.0588. The van der Waals surface area contributed by atoms with E-state index in [0.29, 0.717) is 22.6 Å². The summed E-state index contributed by atoms with van der Waals surface area (Å²) < 4.78 is 13.4. The van der Waals surface area contributed by atoms with Gasteiger partial charge in [-0.05, 0) is 30.3 Å². The summed E-state index contributed by atoms with van der Waals surface area (Å²) >= 11 is 3.43. The standard InChI is InChI=1S/C17H11BrN2O3/c1-22-14-8-11(18)6-10-7-12(17(21)23-16(10)14)13-9-20-5-3-2-4-15(20)19-13/h2-9H,1H3. The van der Waals surface area contributed by atoms with Crippen LogP contribution in [0.25, 0.3) is 27.9 Å². The van der Waals surface area contributed by atoms with Crippen molar-refractivity contribution in [3.63, 3.8) is 0 Å². The number of hydrogen-bond donors (Lipinski definition) is 0. The number of imidazole rings is 1. The van der Waals surface area contributed by atoms with Crippen molar-refractivity contribution in [2.24, 2.45) is 0 Å². The van der Waals surface area contributed by atoms with E-state index in [4.69, 9.17) is 9.15 Å². The molecule has 0 saturated carbocycles. The Morgan fingerprint density at radius 1 is 1.26 bits per heavy atom. The molecule has 4 aromatic rings. The topological polar surface area (TPSA) is 56.7 Å². The first-order chi connectivity index (χ1) is 11.2. The summed E-state index contributed by atoms with van der Waals surface area (Å²) in [6.07, 6.45) is 3.69. The zero-order chi connectivity index (χ0) is 16.0. The van der Waals surface area contributed by atoms with Crippen LogP contribution in [0.15, 0.2) is 62.5 Å². The molecule has 0 fully saturated rings. The normalized spacial score (nSPS) is 11.2. The van der Waals surface area contributed by atoms with Gasteiger partial charge in [0.15, 0.2) is 11.3 Å². The Hall–Kier alpha value is -2.60. The van der Waals surface area contributed by atoms with Gasteiger partial charge in [-0.3, -0.25) is 0 Å². The highest BCUT2D eigenvalue weighted by Gasteiger charge is 2.14. The second kappa shape index (κ2) is 5.24. The Balaban J connectivity index is 2.00. The third kappa shape index (κ3) is 2.31. The SMILES string of the molecule is COc1cc(Br)cc2cc(-c3cn4ccccc4n3)c(=O)oc12. The fourth-order valence-corrected chi connectivity index (χ4v) is 3.02. The molecule has 0 bridgehead atoms. The van der Waals surface area contributed by atoms with Crippen LogP contribution in [0.5, 0.6) is 5.75 Å². The number of pyridine rings is 1. The molecule has 1 aromatic carbocycles. The number of fused-ring (bicyclic) bond motifs is 2. The number of benzene rings is 1. The van der Waals surface area contributed by atoms with E-state index in [9.17, 15) is 4.79 Å². The minimum atomic E-state index is -0.443. The van der Waals surface area contributed by atoms with E-state index in [-0.39, 0.29) is 0 Å². The zero-order valence-corrected chi connectivity index (χ0v) is 13.7. The molecule has 0 atom stereocenters. The lowest BCUT2D eigenvalue weighted by Gasteiger charge is -2.06. The van der Waals surface area contributed by atoms with Crippen LogP contribution in [-0.2, 0) is 0 Å². The molecule has 3 heterocycles. The van der Waals surface area contributed by atoms with Gasteiger partial charge < -0.3 is 13.6 Å². The van der Waals surface area contributed by atoms with Crippen LogP contribution in [0.1, 0.15) is 0 Å². The minimum Gasteiger partial charge on any atom is -0.493 e. The molecule has 0 aliphatic carbocycles. The van der Waals surface area contributed by atoms with E-state index in [0.717, 1.165) is 15.5 Å². The summed E-state index contributed by atoms with van der Waals surface area (Å²) in [6.45, 7) is 0. The summed E-state index contributed by atoms with van der Waals surface area (Å²) in [5.74, 6) is 0.507. The molecule has 23 heavy (non-hydrogen) atoms. The molecule has 0 N–H and O–H groups in total. The molecule has 0 spiro atoms. The molecule has 0 radical (unpaired) electrons. The Bertz CT molecular complexity index is 1070. The van der Waals surface area contributed by atoms with Gasteiger partial charge in [-0.25, -0.2) is 9.78 Å². The highest BCUT2D eigenvalue weighted by molar-refractivity contribution is 9.10. The molecule has 6 heteroatoms. The van der Waals surface area contributed by atoms with Gasteiger partial charge in [0.1, 0.15) is 5.65 Å². The monoisotopic (exact) mass is 370 g/mol. The van der Waals surface area contributed by atoms with Crippen LogP contribution < -0.4 is 10.4 Å². The van der Waals surface area contributed by atoms with Crippen molar-refractivity contribution < 1.29 is 9.15 Å². The number of ether oxygens (including phenoxy) is 1. The predicted molar refractivity (Wildman–Crippen MR) is 90.9 cm³/mol. The van der Waals surface area contributed by atoms with Crippen LogP contribution in [0.3, 0.4) is 0 Å². The van der Waals surface area contributed by atoms with Crippen molar-refractivity contribution in [3.8, 4) is 17.0 Å². The third-order valence-corrected chi connectivity index (χ3v) is 4.08. The summed E-state index contributed by atoms with van der Waals surface area (Å²) in [7, 11) is 1.54. The first kappa shape index (κ1) is 14.0. The quantitative estimate of drug-likeness (QED) is 0.502. The van der Waals surface area contributed by atoms with Gasteiger partial charge in [-0.2, -0.15) is 0 Å². The average molecular weight is 371 g/mol. The van der Waals surface area contributed by atoms with Crippen LogP contribution in [-0.4, -0.2) is 16.5 Å². The smallest absolute Gasteiger partial charge is 0.345 e. The molecular formula is C17H11BrN2O3. The van der Waals surface area contributed by atoms with Crippen LogP contribution in [0.4, 0.5) is 0 Å². The molecule has 4 rings (SSSR count). The molecule has 114 valence electrons. The first-order valence-corrected chi connectivity index (χ1v) is 7.70. The molecule has 0 saturated heterocycles. The second-order valence-electron chi connectivity index (χ2n) is 5.07. The number of methoxy groups -OCH3 is 1. The Kier molecular flexibility index (Phi) is 3.20. The molecule has 0 aliphatic rings. The first-order valence-electron chi connectivity index (χ1n) is 6.91. The Morgan fingerprint density at radius 2 is 2.13 bits per heavy atom. The van der Waals surface area contributed by atoms with Gasteiger partial charge in [0.25, 0.3) is 0 Å². The Morgan fingerprint density at radius 3 is 2.91 bits per heavy atom. The molecule has 0 aliphatic heterocycles. The van der Waals surface area contributed by atoms with Gasteiger partial charge in [0, 0.05) is 22.3 Å². The number of aromatic nitrogens is 2. The highest BCUT2D eigenvalue weighted by atomic mass is 79.9. The van der Waals surface area contributed by atoms with E-state index < -0.39 is 5.63 Å². The number of nitrogens with zero attached hydrogens (tertiary/aromatic N) is 2. The van der Waals surface area contributed by atoms with E-state index >= 15 is 0 Å². The van der Waals surface area contributed by atoms with Gasteiger partial charge in [0.2, 0.25) is 0 Å². The van der Waals surface area contributed by atoms with E-state index in [1.165, 1.54) is 7.11 Å². The van der Waals surface area contributed by atoms with Gasteiger partial charge in [-0.15, -0.1) is 0 Å². The maximum absolute atomic E-state index is 12.4. The predicted octanol–water partition coefficient (Wildman–Crippen LogP) is 3.88. The fourth-order valence-electron chi connectivity index (χ4n) is 2.56. The maximum atomic E-state index is 12.4. The summed E-state index contributed by atoms with van der Waals surface area (Å²) in [5, 5.41) is 0.767. The van der Waals surface area contributed by atoms with E-state index in [1.54, 1.807) is 12.1 Å². The van der Waals surface area contributed by atoms with Crippen molar-refractivity contribution in [1.82, 2.24) is 9.38 Å². The average Bonchev–Trinajstić information content (AvgIpc) is 2.97. The minimum absolute atomic E-state index is 0.418. The van der Waals surface area contributed by atoms with Gasteiger partial charge >= 0.3 is 5.63 Å². The van der Waals surface area contributed by atoms with Crippen molar-refractivity contribution in [2.75, 3.05) is 7.11 Å².